The van der Waals surface area contributed by atoms with Gasteiger partial charge in [0.2, 0.25) is 0 Å². The lowest BCUT2D eigenvalue weighted by Crippen LogP contribution is -2.32. The van der Waals surface area contributed by atoms with Crippen LogP contribution in [-0.2, 0) is 6.42 Å². The van der Waals surface area contributed by atoms with Gasteiger partial charge in [0.25, 0.3) is 5.91 Å². The number of aromatic nitrogens is 1. The van der Waals surface area contributed by atoms with E-state index in [1.807, 2.05) is 13.8 Å². The summed E-state index contributed by atoms with van der Waals surface area (Å²) in [6.07, 6.45) is 2.79. The molecule has 0 radical (unpaired) electrons. The van der Waals surface area contributed by atoms with E-state index in [9.17, 15) is 4.79 Å². The highest BCUT2D eigenvalue weighted by molar-refractivity contribution is 5.95. The highest BCUT2D eigenvalue weighted by Crippen LogP contribution is 2.11. The van der Waals surface area contributed by atoms with Crippen molar-refractivity contribution in [3.63, 3.8) is 0 Å². The molecule has 100 valence electrons. The van der Waals surface area contributed by atoms with E-state index in [1.54, 1.807) is 12.1 Å². The zero-order valence-corrected chi connectivity index (χ0v) is 11.3. The number of hydrazine groups is 1. The maximum atomic E-state index is 12.1. The number of carbonyl (C=O) groups is 1. The predicted octanol–water partition coefficient (Wildman–Crippen LogP) is 1.85. The first-order chi connectivity index (χ1) is 8.60. The Balaban J connectivity index is 2.84. The van der Waals surface area contributed by atoms with Crippen molar-refractivity contribution in [1.82, 2.24) is 10.3 Å². The molecule has 1 unspecified atom stereocenters. The summed E-state index contributed by atoms with van der Waals surface area (Å²) in [6, 6.07) is 3.64. The van der Waals surface area contributed by atoms with Crippen LogP contribution in [0.3, 0.4) is 0 Å². The van der Waals surface area contributed by atoms with E-state index < -0.39 is 0 Å². The van der Waals surface area contributed by atoms with E-state index in [-0.39, 0.29) is 11.9 Å². The Kier molecular flexibility index (Phi) is 5.58. The number of nitrogens with two attached hydrogens (primary N) is 1. The van der Waals surface area contributed by atoms with Crippen molar-refractivity contribution in [3.05, 3.63) is 23.4 Å². The first kappa shape index (κ1) is 14.4. The van der Waals surface area contributed by atoms with Crippen LogP contribution < -0.4 is 16.6 Å². The van der Waals surface area contributed by atoms with Gasteiger partial charge in [0.15, 0.2) is 0 Å². The van der Waals surface area contributed by atoms with Crippen molar-refractivity contribution in [2.24, 2.45) is 5.84 Å². The van der Waals surface area contributed by atoms with E-state index in [2.05, 4.69) is 22.7 Å². The van der Waals surface area contributed by atoms with Gasteiger partial charge in [-0.05, 0) is 31.9 Å². The number of carbonyl (C=O) groups excluding carboxylic acids is 1. The molecule has 1 aromatic heterocycles. The lowest BCUT2D eigenvalue weighted by Gasteiger charge is -2.13. The van der Waals surface area contributed by atoms with Gasteiger partial charge in [-0.3, -0.25) is 4.79 Å². The Labute approximate surface area is 108 Å². The summed E-state index contributed by atoms with van der Waals surface area (Å²) >= 11 is 0. The van der Waals surface area contributed by atoms with Crippen LogP contribution >= 0.6 is 0 Å². The highest BCUT2D eigenvalue weighted by atomic mass is 16.1. The van der Waals surface area contributed by atoms with E-state index in [0.29, 0.717) is 11.4 Å². The van der Waals surface area contributed by atoms with Gasteiger partial charge in [0.05, 0.1) is 0 Å². The summed E-state index contributed by atoms with van der Waals surface area (Å²) in [5, 5.41) is 2.96. The molecule has 5 nitrogen and oxygen atoms in total. The van der Waals surface area contributed by atoms with Crippen LogP contribution in [0.1, 0.15) is 49.7 Å². The van der Waals surface area contributed by atoms with Gasteiger partial charge in [-0.1, -0.05) is 20.3 Å². The standard InChI is InChI=1S/C13H22N4O/c1-4-6-9(3)15-13(18)10-7-11(5-2)16-12(8-10)17-14/h7-9H,4-6,14H2,1-3H3,(H,15,18)(H,16,17). The second-order valence-corrected chi connectivity index (χ2v) is 4.39. The molecule has 5 heteroatoms. The number of pyridine rings is 1. The van der Waals surface area contributed by atoms with Gasteiger partial charge in [-0.25, -0.2) is 10.8 Å². The van der Waals surface area contributed by atoms with E-state index in [0.717, 1.165) is 25.0 Å². The number of amides is 1. The Hall–Kier alpha value is -1.62. The monoisotopic (exact) mass is 250 g/mol. The third kappa shape index (κ3) is 4.00. The van der Waals surface area contributed by atoms with Crippen molar-refractivity contribution in [3.8, 4) is 0 Å². The number of nitrogens with one attached hydrogen (secondary N) is 2. The molecule has 18 heavy (non-hydrogen) atoms. The largest absolute Gasteiger partial charge is 0.350 e. The molecule has 0 saturated heterocycles. The third-order valence-electron chi connectivity index (χ3n) is 2.75. The fourth-order valence-corrected chi connectivity index (χ4v) is 1.79. The maximum absolute atomic E-state index is 12.1. The van der Waals surface area contributed by atoms with Gasteiger partial charge >= 0.3 is 0 Å². The van der Waals surface area contributed by atoms with Crippen LogP contribution in [0.15, 0.2) is 12.1 Å². The maximum Gasteiger partial charge on any atom is 0.251 e. The van der Waals surface area contributed by atoms with Crippen LogP contribution in [0.4, 0.5) is 5.82 Å². The minimum Gasteiger partial charge on any atom is -0.350 e. The molecule has 4 N–H and O–H groups in total. The van der Waals surface area contributed by atoms with Gasteiger partial charge < -0.3 is 10.7 Å². The average molecular weight is 250 g/mol. The second-order valence-electron chi connectivity index (χ2n) is 4.39. The highest BCUT2D eigenvalue weighted by Gasteiger charge is 2.11. The van der Waals surface area contributed by atoms with Gasteiger partial charge in [0.1, 0.15) is 5.82 Å². The number of hydrogen-bond donors (Lipinski definition) is 3. The van der Waals surface area contributed by atoms with Crippen molar-refractivity contribution < 1.29 is 4.79 Å². The number of rotatable bonds is 6. The first-order valence-electron chi connectivity index (χ1n) is 6.39. The molecule has 1 heterocycles. The minimum atomic E-state index is -0.0791. The van der Waals surface area contributed by atoms with Gasteiger partial charge in [0, 0.05) is 17.3 Å². The molecule has 0 aromatic carbocycles. The Morgan fingerprint density at radius 2 is 2.17 bits per heavy atom. The average Bonchev–Trinajstić information content (AvgIpc) is 2.38. The van der Waals surface area contributed by atoms with E-state index >= 15 is 0 Å². The molecule has 0 fully saturated rings. The summed E-state index contributed by atoms with van der Waals surface area (Å²) in [5.74, 6) is 5.78. The van der Waals surface area contributed by atoms with Gasteiger partial charge in [-0.15, -0.1) is 0 Å². The van der Waals surface area contributed by atoms with Crippen molar-refractivity contribution in [2.45, 2.75) is 46.1 Å². The molecule has 1 aromatic rings. The fraction of sp³-hybridized carbons (Fsp3) is 0.538. The van der Waals surface area contributed by atoms with E-state index in [1.165, 1.54) is 0 Å². The van der Waals surface area contributed by atoms with Crippen LogP contribution in [0.2, 0.25) is 0 Å². The summed E-state index contributed by atoms with van der Waals surface area (Å²) in [7, 11) is 0. The Morgan fingerprint density at radius 3 is 2.72 bits per heavy atom. The fourth-order valence-electron chi connectivity index (χ4n) is 1.79. The Morgan fingerprint density at radius 1 is 1.44 bits per heavy atom. The first-order valence-corrected chi connectivity index (χ1v) is 6.39. The van der Waals surface area contributed by atoms with Crippen molar-refractivity contribution >= 4 is 11.7 Å². The third-order valence-corrected chi connectivity index (χ3v) is 2.75. The number of hydrogen-bond acceptors (Lipinski definition) is 4. The summed E-state index contributed by atoms with van der Waals surface area (Å²) in [4.78, 5) is 16.3. The van der Waals surface area contributed by atoms with Crippen LogP contribution in [0, 0.1) is 0 Å². The summed E-state index contributed by atoms with van der Waals surface area (Å²) in [6.45, 7) is 6.09. The van der Waals surface area contributed by atoms with Crippen LogP contribution in [0.5, 0.6) is 0 Å². The molecule has 1 rings (SSSR count). The van der Waals surface area contributed by atoms with Gasteiger partial charge in [-0.2, -0.15) is 0 Å². The molecule has 1 amide bonds. The number of nitrogen functional groups attached to an aromatic ring is 1. The van der Waals surface area contributed by atoms with Crippen molar-refractivity contribution in [1.29, 1.82) is 0 Å². The lowest BCUT2D eigenvalue weighted by atomic mass is 10.1. The normalized spacial score (nSPS) is 12.0. The molecular weight excluding hydrogens is 228 g/mol. The quantitative estimate of drug-likeness (QED) is 0.531. The summed E-state index contributed by atoms with van der Waals surface area (Å²) < 4.78 is 0. The number of anilines is 1. The number of nitrogens with zero attached hydrogens (tertiary/aromatic N) is 1. The SMILES string of the molecule is CCCC(C)NC(=O)c1cc(CC)nc(NN)c1. The smallest absolute Gasteiger partial charge is 0.251 e. The molecule has 0 bridgehead atoms. The molecule has 0 aliphatic rings. The van der Waals surface area contributed by atoms with Crippen LogP contribution in [-0.4, -0.2) is 16.9 Å². The molecule has 0 aliphatic carbocycles. The Bertz CT molecular complexity index is 384. The molecule has 0 saturated carbocycles. The van der Waals surface area contributed by atoms with E-state index in [4.69, 9.17) is 5.84 Å². The molecule has 0 spiro atoms. The summed E-state index contributed by atoms with van der Waals surface area (Å²) in [5.41, 5.74) is 3.93. The zero-order chi connectivity index (χ0) is 13.5. The molecule has 0 aliphatic heterocycles. The van der Waals surface area contributed by atoms with Crippen LogP contribution in [0.25, 0.3) is 0 Å². The van der Waals surface area contributed by atoms with Crippen molar-refractivity contribution in [2.75, 3.05) is 5.43 Å². The second kappa shape index (κ2) is 6.96. The predicted molar refractivity (Wildman–Crippen MR) is 73.3 cm³/mol. The molecular formula is C13H22N4O. The zero-order valence-electron chi connectivity index (χ0n) is 11.3. The topological polar surface area (TPSA) is 80.0 Å². The minimum absolute atomic E-state index is 0.0791. The molecule has 1 atom stereocenters. The number of aryl methyl sites for hydroxylation is 1. The lowest BCUT2D eigenvalue weighted by molar-refractivity contribution is 0.0938.